The van der Waals surface area contributed by atoms with E-state index in [-0.39, 0.29) is 30.7 Å². The van der Waals surface area contributed by atoms with Crippen molar-refractivity contribution >= 4 is 30.7 Å². The Hall–Kier alpha value is -1.76. The van der Waals surface area contributed by atoms with Gasteiger partial charge in [0.25, 0.3) is 0 Å². The van der Waals surface area contributed by atoms with Gasteiger partial charge in [0.2, 0.25) is 5.91 Å². The van der Waals surface area contributed by atoms with Crippen molar-refractivity contribution in [3.05, 3.63) is 36.4 Å². The highest BCUT2D eigenvalue weighted by molar-refractivity contribution is 5.85. The zero-order chi connectivity index (χ0) is 17.2. The predicted molar refractivity (Wildman–Crippen MR) is 107 cm³/mol. The van der Waals surface area contributed by atoms with Crippen molar-refractivity contribution in [3.63, 3.8) is 0 Å². The van der Waals surface area contributed by atoms with Gasteiger partial charge in [-0.25, -0.2) is 4.98 Å². The highest BCUT2D eigenvalue weighted by Gasteiger charge is 2.09. The van der Waals surface area contributed by atoms with Crippen LogP contribution in [0.1, 0.15) is 25.7 Å². The van der Waals surface area contributed by atoms with Gasteiger partial charge in [-0.3, -0.25) is 4.79 Å². The van der Waals surface area contributed by atoms with E-state index in [1.165, 1.54) is 0 Å². The average molecular weight is 404 g/mol. The number of aryl methyl sites for hydroxylation is 1. The van der Waals surface area contributed by atoms with Gasteiger partial charge in [-0.1, -0.05) is 6.92 Å². The van der Waals surface area contributed by atoms with Crippen LogP contribution in [-0.2, 0) is 11.2 Å². The van der Waals surface area contributed by atoms with Crippen LogP contribution in [0.25, 0.3) is 11.3 Å². The number of halogens is 2. The molecule has 0 aliphatic rings. The monoisotopic (exact) mass is 403 g/mol. The molecule has 0 aliphatic carbocycles. The molecular weight excluding hydrogens is 377 g/mol. The van der Waals surface area contributed by atoms with Crippen LogP contribution in [0, 0.1) is 0 Å². The van der Waals surface area contributed by atoms with E-state index >= 15 is 0 Å². The molecule has 0 atom stereocenters. The molecule has 0 aliphatic heterocycles. The first-order chi connectivity index (χ1) is 11.7. The van der Waals surface area contributed by atoms with E-state index in [1.54, 1.807) is 13.3 Å². The minimum atomic E-state index is 0. The van der Waals surface area contributed by atoms with Crippen LogP contribution in [0.5, 0.6) is 5.75 Å². The largest absolute Gasteiger partial charge is 0.497 e. The molecule has 2 aromatic rings. The summed E-state index contributed by atoms with van der Waals surface area (Å²) in [5.74, 6) is 2.07. The van der Waals surface area contributed by atoms with Crippen LogP contribution in [0.15, 0.2) is 34.9 Å². The molecule has 146 valence electrons. The zero-order valence-electron chi connectivity index (χ0n) is 15.1. The second-order valence-corrected chi connectivity index (χ2v) is 5.45. The van der Waals surface area contributed by atoms with Gasteiger partial charge in [-0.2, -0.15) is 0 Å². The van der Waals surface area contributed by atoms with Gasteiger partial charge in [-0.05, 0) is 37.2 Å². The van der Waals surface area contributed by atoms with E-state index in [1.807, 2.05) is 24.3 Å². The third kappa shape index (κ3) is 8.08. The molecule has 1 aromatic carbocycles. The maximum atomic E-state index is 11.8. The van der Waals surface area contributed by atoms with Gasteiger partial charge in [0.1, 0.15) is 5.75 Å². The molecule has 26 heavy (non-hydrogen) atoms. The molecule has 0 spiro atoms. The number of hydrogen-bond acceptors (Lipinski definition) is 5. The Labute approximate surface area is 166 Å². The van der Waals surface area contributed by atoms with E-state index in [9.17, 15) is 4.79 Å². The Bertz CT molecular complexity index is 633. The first kappa shape index (κ1) is 24.2. The number of nitrogens with one attached hydrogen (secondary N) is 2. The van der Waals surface area contributed by atoms with Gasteiger partial charge in [0.15, 0.2) is 11.7 Å². The van der Waals surface area contributed by atoms with Gasteiger partial charge < -0.3 is 19.8 Å². The highest BCUT2D eigenvalue weighted by atomic mass is 35.5. The van der Waals surface area contributed by atoms with Gasteiger partial charge in [0, 0.05) is 31.5 Å². The lowest BCUT2D eigenvalue weighted by atomic mass is 10.2. The Morgan fingerprint density at radius 2 is 1.88 bits per heavy atom. The van der Waals surface area contributed by atoms with E-state index in [2.05, 4.69) is 22.5 Å². The second-order valence-electron chi connectivity index (χ2n) is 5.45. The van der Waals surface area contributed by atoms with Crippen molar-refractivity contribution in [2.75, 3.05) is 26.7 Å². The summed E-state index contributed by atoms with van der Waals surface area (Å²) in [7, 11) is 1.63. The van der Waals surface area contributed by atoms with E-state index < -0.39 is 0 Å². The van der Waals surface area contributed by atoms with Crippen LogP contribution in [0.3, 0.4) is 0 Å². The van der Waals surface area contributed by atoms with Crippen molar-refractivity contribution in [1.82, 2.24) is 15.6 Å². The number of aromatic nitrogens is 1. The molecule has 8 heteroatoms. The number of methoxy groups -OCH3 is 1. The molecular formula is C18H27Cl2N3O3. The molecule has 0 bridgehead atoms. The fourth-order valence-corrected chi connectivity index (χ4v) is 2.22. The van der Waals surface area contributed by atoms with Gasteiger partial charge in [-0.15, -0.1) is 24.8 Å². The quantitative estimate of drug-likeness (QED) is 0.595. The molecule has 6 nitrogen and oxygen atoms in total. The predicted octanol–water partition coefficient (Wildman–Crippen LogP) is 3.24. The molecule has 1 heterocycles. The lowest BCUT2D eigenvalue weighted by molar-refractivity contribution is -0.121. The normalized spacial score (nSPS) is 9.77. The van der Waals surface area contributed by atoms with E-state index in [0.717, 1.165) is 30.8 Å². The standard InChI is InChI=1S/C18H25N3O3.2ClH/c1-3-10-19-11-12-20-17(22)8-9-18-21-13-16(24-18)14-4-6-15(23-2)7-5-14;;/h4-7,13,19H,3,8-12H2,1-2H3,(H,20,22);2*1H. The van der Waals surface area contributed by atoms with Crippen molar-refractivity contribution < 1.29 is 13.9 Å². The van der Waals surface area contributed by atoms with Crippen LogP contribution in [0.2, 0.25) is 0 Å². The van der Waals surface area contributed by atoms with Gasteiger partial charge >= 0.3 is 0 Å². The maximum absolute atomic E-state index is 11.8. The summed E-state index contributed by atoms with van der Waals surface area (Å²) in [5.41, 5.74) is 0.931. The highest BCUT2D eigenvalue weighted by Crippen LogP contribution is 2.23. The number of benzene rings is 1. The minimum absolute atomic E-state index is 0. The Kier molecular flexibility index (Phi) is 12.5. The number of oxazole rings is 1. The summed E-state index contributed by atoms with van der Waals surface area (Å²) in [4.78, 5) is 16.0. The molecule has 0 radical (unpaired) electrons. The molecule has 0 fully saturated rings. The Morgan fingerprint density at radius 3 is 2.54 bits per heavy atom. The Balaban J connectivity index is 0.00000312. The lowest BCUT2D eigenvalue weighted by Gasteiger charge is -2.05. The molecule has 2 N–H and O–H groups in total. The lowest BCUT2D eigenvalue weighted by Crippen LogP contribution is -2.32. The van der Waals surface area contributed by atoms with E-state index in [0.29, 0.717) is 31.0 Å². The SMILES string of the molecule is CCCNCCNC(=O)CCc1ncc(-c2ccc(OC)cc2)o1.Cl.Cl. The zero-order valence-corrected chi connectivity index (χ0v) is 16.8. The van der Waals surface area contributed by atoms with Crippen LogP contribution in [-0.4, -0.2) is 37.6 Å². The summed E-state index contributed by atoms with van der Waals surface area (Å²) < 4.78 is 10.8. The molecule has 0 unspecified atom stereocenters. The smallest absolute Gasteiger partial charge is 0.220 e. The van der Waals surface area contributed by atoms with Crippen molar-refractivity contribution in [1.29, 1.82) is 0 Å². The number of carbonyl (C=O) groups excluding carboxylic acids is 1. The summed E-state index contributed by atoms with van der Waals surface area (Å²) in [6.07, 6.45) is 3.64. The number of nitrogens with zero attached hydrogens (tertiary/aromatic N) is 1. The number of hydrogen-bond donors (Lipinski definition) is 2. The fourth-order valence-electron chi connectivity index (χ4n) is 2.22. The van der Waals surface area contributed by atoms with Crippen LogP contribution in [0.4, 0.5) is 0 Å². The average Bonchev–Trinajstić information content (AvgIpc) is 3.09. The second kappa shape index (κ2) is 13.4. The Morgan fingerprint density at radius 1 is 1.15 bits per heavy atom. The topological polar surface area (TPSA) is 76.4 Å². The molecule has 0 saturated carbocycles. The third-order valence-electron chi connectivity index (χ3n) is 3.54. The number of ether oxygens (including phenoxy) is 1. The molecule has 0 saturated heterocycles. The molecule has 2 rings (SSSR count). The van der Waals surface area contributed by atoms with Crippen molar-refractivity contribution in [2.24, 2.45) is 0 Å². The summed E-state index contributed by atoms with van der Waals surface area (Å²) in [6.45, 7) is 4.52. The number of carbonyl (C=O) groups is 1. The summed E-state index contributed by atoms with van der Waals surface area (Å²) >= 11 is 0. The van der Waals surface area contributed by atoms with Crippen molar-refractivity contribution in [3.8, 4) is 17.1 Å². The third-order valence-corrected chi connectivity index (χ3v) is 3.54. The minimum Gasteiger partial charge on any atom is -0.497 e. The number of amides is 1. The number of rotatable bonds is 10. The summed E-state index contributed by atoms with van der Waals surface area (Å²) in [6, 6.07) is 7.58. The van der Waals surface area contributed by atoms with Crippen LogP contribution >= 0.6 is 24.8 Å². The maximum Gasteiger partial charge on any atom is 0.220 e. The van der Waals surface area contributed by atoms with Crippen molar-refractivity contribution in [2.45, 2.75) is 26.2 Å². The molecule has 1 aromatic heterocycles. The first-order valence-corrected chi connectivity index (χ1v) is 8.29. The van der Waals surface area contributed by atoms with Gasteiger partial charge in [0.05, 0.1) is 13.3 Å². The fraction of sp³-hybridized carbons (Fsp3) is 0.444. The van der Waals surface area contributed by atoms with Crippen LogP contribution < -0.4 is 15.4 Å². The van der Waals surface area contributed by atoms with E-state index in [4.69, 9.17) is 9.15 Å². The first-order valence-electron chi connectivity index (χ1n) is 8.29. The summed E-state index contributed by atoms with van der Waals surface area (Å²) in [5, 5.41) is 6.12. The molecule has 1 amide bonds.